The molecule has 38 heteroatoms. The number of aliphatic hydroxyl groups excluding tert-OH is 3. The van der Waals surface area contributed by atoms with Crippen molar-refractivity contribution < 1.29 is 96.7 Å². The van der Waals surface area contributed by atoms with Gasteiger partial charge >= 0.3 is 5.97 Å². The number of hydrogen-bond acceptors (Lipinski definition) is 22. The second-order valence-corrected chi connectivity index (χ2v) is 36.7. The zero-order valence-electron chi connectivity index (χ0n) is 58.4. The molecule has 0 aromatic heterocycles. The molecule has 103 heavy (non-hydrogen) atoms. The van der Waals surface area contributed by atoms with Crippen LogP contribution in [0.3, 0.4) is 0 Å². The highest BCUT2D eigenvalue weighted by Gasteiger charge is 2.45. The number of carbonyl (C=O) groups is 10. The quantitative estimate of drug-likeness (QED) is 0.0404. The van der Waals surface area contributed by atoms with Gasteiger partial charge in [-0.25, -0.2) is 4.79 Å². The molecule has 0 spiro atoms. The molecule has 32 nitrogen and oxygen atoms in total. The van der Waals surface area contributed by atoms with Gasteiger partial charge in [0.05, 0.1) is 25.0 Å². The topological polar surface area (TPSA) is 478 Å². The fourth-order valence-electron chi connectivity index (χ4n) is 12.4. The lowest BCUT2D eigenvalue weighted by Crippen LogP contribution is -2.61. The van der Waals surface area contributed by atoms with E-state index in [0.717, 1.165) is 29.5 Å². The van der Waals surface area contributed by atoms with Gasteiger partial charge in [0, 0.05) is 125 Å². The SMILES string of the molecule is CCCCCC(=O)N[C@H]1CSCc2cc(CSCCNC(=O)CCP(=O)(O)CN3CCN(CP(=O)(O)CO)CCN(CP(=O)(O)CO)CC3)cc(c2)CSC[C@@H](C(=O)O)NC(=O)[C@H](Cc2ccccc2)NC(=O)[C@H](CCC(N)=O)NC(=O)[C@H]([C@@H](C)O)NC(=O)[C@@H]2CCCN2C(=O)[C@@H]2CCCN2C1=O. The first-order valence-corrected chi connectivity index (χ1v) is 44.2. The van der Waals surface area contributed by atoms with Crippen molar-refractivity contribution in [2.24, 2.45) is 5.73 Å². The lowest BCUT2D eigenvalue weighted by atomic mass is 10.0. The third-order valence-electron chi connectivity index (χ3n) is 17.9. The number of nitrogens with zero attached hydrogens (tertiary/aromatic N) is 5. The van der Waals surface area contributed by atoms with E-state index in [1.54, 1.807) is 45.0 Å². The highest BCUT2D eigenvalue weighted by molar-refractivity contribution is 7.99. The van der Waals surface area contributed by atoms with Crippen LogP contribution in [0.25, 0.3) is 0 Å². The first-order chi connectivity index (χ1) is 48.9. The summed E-state index contributed by atoms with van der Waals surface area (Å²) in [6.07, 6.45) is -2.75. The van der Waals surface area contributed by atoms with Crippen molar-refractivity contribution >= 4 is 117 Å². The van der Waals surface area contributed by atoms with Gasteiger partial charge in [-0.1, -0.05) is 68.3 Å². The molecule has 11 atom stereocenters. The molecule has 2 aromatic rings. The molecule has 2 bridgehead atoms. The lowest BCUT2D eigenvalue weighted by molar-refractivity contribution is -0.148. The molecule has 0 radical (unpaired) electrons. The van der Waals surface area contributed by atoms with Crippen LogP contribution in [0, 0.1) is 0 Å². The number of nitrogens with two attached hydrogens (primary N) is 1. The molecule has 4 aliphatic rings. The van der Waals surface area contributed by atoms with Crippen molar-refractivity contribution in [3.8, 4) is 0 Å². The third-order valence-corrected chi connectivity index (χ3v) is 25.4. The van der Waals surface area contributed by atoms with Crippen LogP contribution in [0.15, 0.2) is 48.5 Å². The van der Waals surface area contributed by atoms with Gasteiger partial charge in [0.25, 0.3) is 0 Å². The van der Waals surface area contributed by atoms with Crippen LogP contribution in [0.4, 0.5) is 0 Å². The second kappa shape index (κ2) is 42.8. The smallest absolute Gasteiger partial charge is 0.327 e. The molecule has 0 aliphatic carbocycles. The Bertz CT molecular complexity index is 3340. The number of benzene rings is 2. The van der Waals surface area contributed by atoms with E-state index < -0.39 is 149 Å². The molecule has 3 fully saturated rings. The van der Waals surface area contributed by atoms with Crippen LogP contribution in [-0.4, -0.2) is 281 Å². The Hall–Kier alpha value is -5.48. The van der Waals surface area contributed by atoms with Crippen LogP contribution < -0.4 is 37.6 Å². The van der Waals surface area contributed by atoms with Gasteiger partial charge < -0.3 is 82.5 Å². The number of aliphatic carboxylic acids is 1. The standard InChI is InChI=1S/C65H103N12O20P3S3/c1-3-4-6-15-57(83)68-51-37-102-35-47-30-46(34-101-29-19-67-56(82)18-28-98(92,93)39-73-22-24-74(40-99(94,95)42-78)26-27-75(25-23-73)41-100(96,97)43-79)31-48(32-47)36-103-38-52(65(90)91)71-60(85)50(33-45-11-7-5-8-12-45)70-59(84)49(16-17-55(66)81)69-62(87)58(44(2)80)72-61(86)53-13-9-20-76(53)64(89)54-14-10-21-77(54)63(51)88/h5,7-8,11-12,30-32,44,49-54,58,78-80H,3-4,6,9-10,13-29,33-43H2,1-2H3,(H2,66,81)(H,67,82)(H,68,83)(H,69,87)(H,70,84)(H,71,85)(H,72,86)(H,90,91)(H,92,93)(H,94,95)(H,96,97)/t44-,49+,50+,51+,52+,53+,54+,58+/m1/s1. The number of carboxylic acids is 1. The normalized spacial score (nSPS) is 24.6. The van der Waals surface area contributed by atoms with Crippen molar-refractivity contribution in [3.63, 3.8) is 0 Å². The highest BCUT2D eigenvalue weighted by Crippen LogP contribution is 2.43. The molecule has 4 heterocycles. The van der Waals surface area contributed by atoms with E-state index >= 15 is 0 Å². The van der Waals surface area contributed by atoms with Gasteiger partial charge in [-0.3, -0.25) is 71.5 Å². The molecule has 576 valence electrons. The molecule has 6 rings (SSSR count). The first-order valence-electron chi connectivity index (χ1n) is 34.7. The van der Waals surface area contributed by atoms with Crippen LogP contribution in [0.5, 0.6) is 0 Å². The number of carbonyl (C=O) groups excluding carboxylic acids is 9. The van der Waals surface area contributed by atoms with E-state index in [0.29, 0.717) is 42.1 Å². The summed E-state index contributed by atoms with van der Waals surface area (Å²) >= 11 is 4.01. The fourth-order valence-corrected chi connectivity index (χ4v) is 18.8. The number of carboxylic acid groups (broad SMARTS) is 1. The zero-order valence-corrected chi connectivity index (χ0v) is 63.5. The fraction of sp³-hybridized carbons (Fsp3) is 0.662. The zero-order chi connectivity index (χ0) is 75.4. The molecular formula is C65H103N12O20P3S3. The summed E-state index contributed by atoms with van der Waals surface area (Å²) in [6, 6.07) is 4.72. The number of aliphatic hydroxyl groups is 3. The van der Waals surface area contributed by atoms with Crippen LogP contribution in [0.1, 0.15) is 107 Å². The van der Waals surface area contributed by atoms with Gasteiger partial charge in [0.15, 0.2) is 0 Å². The van der Waals surface area contributed by atoms with E-state index in [4.69, 9.17) is 5.73 Å². The summed E-state index contributed by atoms with van der Waals surface area (Å²) in [5, 5.41) is 56.5. The predicted octanol–water partition coefficient (Wildman–Crippen LogP) is 0.369. The van der Waals surface area contributed by atoms with Crippen molar-refractivity contribution in [1.29, 1.82) is 0 Å². The van der Waals surface area contributed by atoms with Gasteiger partial charge in [-0.15, -0.1) is 0 Å². The summed E-state index contributed by atoms with van der Waals surface area (Å²) < 4.78 is 38.6. The second-order valence-electron chi connectivity index (χ2n) is 26.6. The Kier molecular flexibility index (Phi) is 35.9. The average Bonchev–Trinajstić information content (AvgIpc) is 1.70. The summed E-state index contributed by atoms with van der Waals surface area (Å²) in [6.45, 7) is 4.68. The largest absolute Gasteiger partial charge is 0.480 e. The van der Waals surface area contributed by atoms with E-state index in [9.17, 15) is 96.7 Å². The van der Waals surface area contributed by atoms with E-state index in [-0.39, 0.29) is 139 Å². The molecular weight excluding hydrogens is 1460 g/mol. The maximum Gasteiger partial charge on any atom is 0.327 e. The number of unbranched alkanes of at least 4 members (excludes halogenated alkanes) is 2. The minimum atomic E-state index is -4.02. The molecule has 3 saturated heterocycles. The van der Waals surface area contributed by atoms with E-state index in [1.165, 1.54) is 52.0 Å². The van der Waals surface area contributed by atoms with Crippen molar-refractivity contribution in [2.45, 2.75) is 157 Å². The number of fused-ring (bicyclic) bond motifs is 4. The maximum atomic E-state index is 14.9. The van der Waals surface area contributed by atoms with Gasteiger partial charge in [0.1, 0.15) is 55.0 Å². The highest BCUT2D eigenvalue weighted by atomic mass is 32.2. The molecule has 4 aliphatic heterocycles. The number of hydrogen-bond donors (Lipinski definition) is 14. The minimum Gasteiger partial charge on any atom is -0.480 e. The monoisotopic (exact) mass is 1560 g/mol. The number of primary amides is 1. The number of nitrogens with one attached hydrogen (secondary N) is 6. The molecule has 9 amide bonds. The number of amides is 9. The Morgan fingerprint density at radius 1 is 0.650 bits per heavy atom. The first kappa shape index (κ1) is 86.4. The summed E-state index contributed by atoms with van der Waals surface area (Å²) in [5.41, 5.74) is 8.43. The average molecular weight is 1560 g/mol. The number of thioether (sulfide) groups is 3. The van der Waals surface area contributed by atoms with Crippen molar-refractivity contribution in [1.82, 2.24) is 56.4 Å². The van der Waals surface area contributed by atoms with E-state index in [2.05, 4.69) is 31.9 Å². The van der Waals surface area contributed by atoms with Crippen LogP contribution >= 0.6 is 57.4 Å². The molecule has 0 saturated carbocycles. The molecule has 3 unspecified atom stereocenters. The lowest BCUT2D eigenvalue weighted by Gasteiger charge is -2.33. The summed E-state index contributed by atoms with van der Waals surface area (Å²) in [5.74, 6) is -6.61. The Morgan fingerprint density at radius 2 is 1.20 bits per heavy atom. The van der Waals surface area contributed by atoms with Gasteiger partial charge in [0.2, 0.25) is 75.3 Å². The Balaban J connectivity index is 1.22. The minimum absolute atomic E-state index is 0.0810. The Labute approximate surface area is 613 Å². The molecule has 15 N–H and O–H groups in total. The third kappa shape index (κ3) is 29.7. The van der Waals surface area contributed by atoms with Crippen molar-refractivity contribution in [3.05, 3.63) is 70.8 Å². The molecule has 2 aromatic carbocycles. The maximum absolute atomic E-state index is 14.9. The Morgan fingerprint density at radius 3 is 1.77 bits per heavy atom. The van der Waals surface area contributed by atoms with E-state index in [1.807, 2.05) is 25.1 Å². The van der Waals surface area contributed by atoms with Gasteiger partial charge in [-0.2, -0.15) is 35.3 Å². The van der Waals surface area contributed by atoms with Crippen molar-refractivity contribution in [2.75, 3.05) is 114 Å². The number of rotatable bonds is 28. The summed E-state index contributed by atoms with van der Waals surface area (Å²) in [7, 11) is -12.0. The summed E-state index contributed by atoms with van der Waals surface area (Å²) in [4.78, 5) is 178. The van der Waals surface area contributed by atoms with Crippen LogP contribution in [-0.2, 0) is 85.3 Å². The predicted molar refractivity (Wildman–Crippen MR) is 392 cm³/mol. The van der Waals surface area contributed by atoms with Gasteiger partial charge in [-0.05, 0) is 67.7 Å². The van der Waals surface area contributed by atoms with Crippen LogP contribution in [0.2, 0.25) is 0 Å².